The zero-order chi connectivity index (χ0) is 14.5. The largest absolute Gasteiger partial charge is 0.478 e. The summed E-state index contributed by atoms with van der Waals surface area (Å²) in [6.07, 6.45) is 2.27. The summed E-state index contributed by atoms with van der Waals surface area (Å²) in [4.78, 5) is 14.7. The van der Waals surface area contributed by atoms with E-state index in [1.165, 1.54) is 0 Å². The van der Waals surface area contributed by atoms with Crippen molar-refractivity contribution < 1.29 is 14.6 Å². The van der Waals surface area contributed by atoms with E-state index < -0.39 is 5.97 Å². The molecule has 0 aromatic heterocycles. The van der Waals surface area contributed by atoms with Crippen LogP contribution >= 0.6 is 11.8 Å². The molecule has 0 heterocycles. The SMILES string of the molecule is CCSc1cccc(N(CCOC)C2CC2)c1C(=O)O. The number of carboxylic acids is 1. The lowest BCUT2D eigenvalue weighted by Gasteiger charge is -2.26. The second-order valence-corrected chi connectivity index (χ2v) is 6.11. The van der Waals surface area contributed by atoms with Crippen molar-refractivity contribution >= 4 is 23.4 Å². The number of rotatable bonds is 8. The Balaban J connectivity index is 2.36. The first kappa shape index (κ1) is 15.2. The van der Waals surface area contributed by atoms with E-state index in [-0.39, 0.29) is 0 Å². The Kier molecular flexibility index (Phi) is 5.31. The van der Waals surface area contributed by atoms with Crippen molar-refractivity contribution in [2.24, 2.45) is 0 Å². The van der Waals surface area contributed by atoms with E-state index in [0.717, 1.165) is 35.7 Å². The van der Waals surface area contributed by atoms with E-state index in [4.69, 9.17) is 4.74 Å². The Morgan fingerprint density at radius 1 is 1.50 bits per heavy atom. The van der Waals surface area contributed by atoms with Gasteiger partial charge in [0.05, 0.1) is 17.9 Å². The van der Waals surface area contributed by atoms with Gasteiger partial charge in [-0.2, -0.15) is 0 Å². The Hall–Kier alpha value is -1.20. The van der Waals surface area contributed by atoms with Crippen LogP contribution in [0.15, 0.2) is 23.1 Å². The van der Waals surface area contributed by atoms with Gasteiger partial charge in [0.1, 0.15) is 0 Å². The van der Waals surface area contributed by atoms with Crippen molar-refractivity contribution in [3.63, 3.8) is 0 Å². The van der Waals surface area contributed by atoms with E-state index in [1.54, 1.807) is 18.9 Å². The molecule has 0 saturated heterocycles. The molecular formula is C15H21NO3S. The molecule has 1 aromatic carbocycles. The second-order valence-electron chi connectivity index (χ2n) is 4.81. The lowest BCUT2D eigenvalue weighted by molar-refractivity contribution is 0.0693. The van der Waals surface area contributed by atoms with Gasteiger partial charge in [0, 0.05) is 24.6 Å². The number of carbonyl (C=O) groups is 1. The summed E-state index contributed by atoms with van der Waals surface area (Å²) in [6, 6.07) is 6.21. The number of hydrogen-bond acceptors (Lipinski definition) is 4. The minimum Gasteiger partial charge on any atom is -0.478 e. The summed E-state index contributed by atoms with van der Waals surface area (Å²) in [5.41, 5.74) is 1.26. The molecule has 4 nitrogen and oxygen atoms in total. The van der Waals surface area contributed by atoms with Gasteiger partial charge in [-0.3, -0.25) is 0 Å². The van der Waals surface area contributed by atoms with Gasteiger partial charge in [-0.05, 0) is 30.7 Å². The lowest BCUT2D eigenvalue weighted by atomic mass is 10.1. The molecule has 0 amide bonds. The minimum atomic E-state index is -0.848. The molecule has 1 aromatic rings. The molecule has 110 valence electrons. The summed E-state index contributed by atoms with van der Waals surface area (Å²) < 4.78 is 5.16. The Bertz CT molecular complexity index is 474. The molecule has 0 unspecified atom stereocenters. The molecule has 1 N–H and O–H groups in total. The average Bonchev–Trinajstić information content (AvgIpc) is 3.24. The predicted octanol–water partition coefficient (Wildman–Crippen LogP) is 3.11. The lowest BCUT2D eigenvalue weighted by Crippen LogP contribution is -2.31. The van der Waals surface area contributed by atoms with Crippen LogP contribution < -0.4 is 4.90 Å². The first-order valence-electron chi connectivity index (χ1n) is 6.93. The highest BCUT2D eigenvalue weighted by molar-refractivity contribution is 7.99. The van der Waals surface area contributed by atoms with Gasteiger partial charge in [-0.25, -0.2) is 4.79 Å². The van der Waals surface area contributed by atoms with Crippen molar-refractivity contribution in [2.45, 2.75) is 30.7 Å². The number of methoxy groups -OCH3 is 1. The van der Waals surface area contributed by atoms with E-state index in [2.05, 4.69) is 4.90 Å². The number of carboxylic acid groups (broad SMARTS) is 1. The molecule has 5 heteroatoms. The van der Waals surface area contributed by atoms with Crippen LogP contribution in [-0.4, -0.2) is 43.1 Å². The molecule has 0 radical (unpaired) electrons. The second kappa shape index (κ2) is 6.99. The molecule has 1 fully saturated rings. The van der Waals surface area contributed by atoms with Gasteiger partial charge in [0.2, 0.25) is 0 Å². The molecule has 0 bridgehead atoms. The zero-order valence-corrected chi connectivity index (χ0v) is 12.8. The monoisotopic (exact) mass is 295 g/mol. The molecule has 0 aliphatic heterocycles. The molecule has 0 atom stereocenters. The molecule has 20 heavy (non-hydrogen) atoms. The van der Waals surface area contributed by atoms with Crippen LogP contribution in [-0.2, 0) is 4.74 Å². The zero-order valence-electron chi connectivity index (χ0n) is 12.0. The third-order valence-electron chi connectivity index (χ3n) is 3.35. The van der Waals surface area contributed by atoms with Crippen molar-refractivity contribution in [1.82, 2.24) is 0 Å². The van der Waals surface area contributed by atoms with Crippen LogP contribution in [0.25, 0.3) is 0 Å². The van der Waals surface area contributed by atoms with Gasteiger partial charge in [0.25, 0.3) is 0 Å². The predicted molar refractivity (Wildman–Crippen MR) is 82.0 cm³/mol. The third kappa shape index (κ3) is 3.46. The van der Waals surface area contributed by atoms with E-state index >= 15 is 0 Å². The molecule has 2 rings (SSSR count). The van der Waals surface area contributed by atoms with Crippen molar-refractivity contribution in [1.29, 1.82) is 0 Å². The average molecular weight is 295 g/mol. The fraction of sp³-hybridized carbons (Fsp3) is 0.533. The van der Waals surface area contributed by atoms with Gasteiger partial charge >= 0.3 is 5.97 Å². The summed E-state index contributed by atoms with van der Waals surface area (Å²) in [7, 11) is 1.67. The topological polar surface area (TPSA) is 49.8 Å². The highest BCUT2D eigenvalue weighted by Gasteiger charge is 2.32. The van der Waals surface area contributed by atoms with Gasteiger partial charge < -0.3 is 14.7 Å². The fourth-order valence-corrected chi connectivity index (χ4v) is 3.15. The van der Waals surface area contributed by atoms with Crippen LogP contribution in [0.3, 0.4) is 0 Å². The number of benzene rings is 1. The maximum atomic E-state index is 11.7. The summed E-state index contributed by atoms with van der Waals surface area (Å²) in [5.74, 6) is 0.0187. The normalized spacial score (nSPS) is 14.3. The molecule has 1 aliphatic rings. The van der Waals surface area contributed by atoms with Crippen LogP contribution in [0, 0.1) is 0 Å². The van der Waals surface area contributed by atoms with E-state index in [0.29, 0.717) is 18.2 Å². The first-order chi connectivity index (χ1) is 9.69. The molecule has 0 spiro atoms. The van der Waals surface area contributed by atoms with Crippen molar-refractivity contribution in [3.05, 3.63) is 23.8 Å². The standard InChI is InChI=1S/C15H21NO3S/c1-3-20-13-6-4-5-12(14(13)15(17)18)16(9-10-19-2)11-7-8-11/h4-6,11H,3,7-10H2,1-2H3,(H,17,18). The van der Waals surface area contributed by atoms with Crippen LogP contribution in [0.1, 0.15) is 30.1 Å². The summed E-state index contributed by atoms with van der Waals surface area (Å²) >= 11 is 1.58. The fourth-order valence-electron chi connectivity index (χ4n) is 2.33. The number of aromatic carboxylic acids is 1. The van der Waals surface area contributed by atoms with Gasteiger partial charge in [0.15, 0.2) is 0 Å². The van der Waals surface area contributed by atoms with Crippen molar-refractivity contribution in [2.75, 3.05) is 30.9 Å². The highest BCUT2D eigenvalue weighted by Crippen LogP contribution is 2.37. The van der Waals surface area contributed by atoms with E-state index in [9.17, 15) is 9.90 Å². The van der Waals surface area contributed by atoms with Crippen LogP contribution in [0.2, 0.25) is 0 Å². The number of ether oxygens (including phenoxy) is 1. The van der Waals surface area contributed by atoms with Gasteiger partial charge in [-0.1, -0.05) is 13.0 Å². The third-order valence-corrected chi connectivity index (χ3v) is 4.29. The van der Waals surface area contributed by atoms with E-state index in [1.807, 2.05) is 25.1 Å². The Morgan fingerprint density at radius 3 is 2.80 bits per heavy atom. The maximum absolute atomic E-state index is 11.7. The summed E-state index contributed by atoms with van der Waals surface area (Å²) in [6.45, 7) is 3.38. The number of nitrogens with zero attached hydrogens (tertiary/aromatic N) is 1. The highest BCUT2D eigenvalue weighted by atomic mass is 32.2. The van der Waals surface area contributed by atoms with Crippen molar-refractivity contribution in [3.8, 4) is 0 Å². The van der Waals surface area contributed by atoms with Gasteiger partial charge in [-0.15, -0.1) is 11.8 Å². The molecular weight excluding hydrogens is 274 g/mol. The van der Waals surface area contributed by atoms with Crippen LogP contribution in [0.5, 0.6) is 0 Å². The van der Waals surface area contributed by atoms with Crippen LogP contribution in [0.4, 0.5) is 5.69 Å². The number of hydrogen-bond donors (Lipinski definition) is 1. The maximum Gasteiger partial charge on any atom is 0.338 e. The first-order valence-corrected chi connectivity index (χ1v) is 7.92. The Labute approximate surface area is 124 Å². The molecule has 1 aliphatic carbocycles. The quantitative estimate of drug-likeness (QED) is 0.747. The summed E-state index contributed by atoms with van der Waals surface area (Å²) in [5, 5.41) is 9.58. The number of thioether (sulfide) groups is 1. The number of anilines is 1. The minimum absolute atomic E-state index is 0.433. The Morgan fingerprint density at radius 2 is 2.25 bits per heavy atom. The molecule has 1 saturated carbocycles. The smallest absolute Gasteiger partial charge is 0.338 e.